The molecule has 0 aliphatic carbocycles. The molecule has 0 aromatic rings. The van der Waals surface area contributed by atoms with E-state index in [-0.39, 0.29) is 10.8 Å². The molecule has 0 heterocycles. The Morgan fingerprint density at radius 2 is 1.56 bits per heavy atom. The van der Waals surface area contributed by atoms with Gasteiger partial charge >= 0.3 is 5.97 Å². The van der Waals surface area contributed by atoms with E-state index in [2.05, 4.69) is 46.4 Å². The van der Waals surface area contributed by atoms with E-state index >= 15 is 0 Å². The fraction of sp³-hybridized carbons (Fsp3) is 0.923. The second kappa shape index (κ2) is 5.67. The number of hydrogen-bond donors (Lipinski definition) is 1. The van der Waals surface area contributed by atoms with Crippen molar-refractivity contribution in [2.24, 2.45) is 16.7 Å². The van der Waals surface area contributed by atoms with E-state index in [1.54, 1.807) is 0 Å². The smallest absolute Gasteiger partial charge is 0.301 e. The van der Waals surface area contributed by atoms with E-state index in [0.29, 0.717) is 12.3 Å². The standard InChI is InChI=1S/C13H26O3/c1-12(2,3)10(13(4,5)6)8-7-9-11(14)16-15/h10,15H,7-9H2,1-6H3. The third kappa shape index (κ3) is 5.50. The number of carbonyl (C=O) groups excluding carboxylic acids is 1. The number of rotatable bonds is 4. The lowest BCUT2D eigenvalue weighted by atomic mass is 9.65. The summed E-state index contributed by atoms with van der Waals surface area (Å²) < 4.78 is 0. The molecule has 0 rings (SSSR count). The maximum Gasteiger partial charge on any atom is 0.342 e. The molecule has 3 nitrogen and oxygen atoms in total. The van der Waals surface area contributed by atoms with Gasteiger partial charge in [0.1, 0.15) is 0 Å². The van der Waals surface area contributed by atoms with E-state index in [1.807, 2.05) is 0 Å². The maximum atomic E-state index is 10.8. The van der Waals surface area contributed by atoms with Crippen molar-refractivity contribution in [3.63, 3.8) is 0 Å². The highest BCUT2D eigenvalue weighted by Gasteiger charge is 2.34. The highest BCUT2D eigenvalue weighted by atomic mass is 17.1. The van der Waals surface area contributed by atoms with Crippen LogP contribution in [0.5, 0.6) is 0 Å². The Balaban J connectivity index is 4.31. The molecule has 0 aliphatic heterocycles. The topological polar surface area (TPSA) is 46.5 Å². The average molecular weight is 230 g/mol. The average Bonchev–Trinajstić information content (AvgIpc) is 2.07. The van der Waals surface area contributed by atoms with Gasteiger partial charge in [0.25, 0.3) is 0 Å². The first kappa shape index (κ1) is 15.4. The predicted molar refractivity (Wildman–Crippen MR) is 65.0 cm³/mol. The predicted octanol–water partition coefficient (Wildman–Crippen LogP) is 3.88. The summed E-state index contributed by atoms with van der Waals surface area (Å²) in [6.45, 7) is 13.4. The van der Waals surface area contributed by atoms with Crippen molar-refractivity contribution in [1.82, 2.24) is 0 Å². The second-order valence-corrected chi connectivity index (χ2v) is 6.64. The molecule has 0 aliphatic rings. The second-order valence-electron chi connectivity index (χ2n) is 6.64. The van der Waals surface area contributed by atoms with Crippen LogP contribution in [0.3, 0.4) is 0 Å². The molecule has 0 aromatic heterocycles. The van der Waals surface area contributed by atoms with Crippen molar-refractivity contribution in [2.75, 3.05) is 0 Å². The van der Waals surface area contributed by atoms with Crippen LogP contribution in [-0.2, 0) is 9.68 Å². The van der Waals surface area contributed by atoms with Gasteiger partial charge in [0.2, 0.25) is 0 Å². The van der Waals surface area contributed by atoms with Gasteiger partial charge < -0.3 is 4.89 Å². The molecular weight excluding hydrogens is 204 g/mol. The zero-order valence-electron chi connectivity index (χ0n) is 11.5. The Hall–Kier alpha value is -0.570. The summed E-state index contributed by atoms with van der Waals surface area (Å²) in [5.74, 6) is -0.00642. The van der Waals surface area contributed by atoms with Gasteiger partial charge in [-0.25, -0.2) is 4.79 Å². The Labute approximate surface area is 99.1 Å². The van der Waals surface area contributed by atoms with E-state index in [1.165, 1.54) is 0 Å². The Morgan fingerprint density at radius 3 is 1.88 bits per heavy atom. The largest absolute Gasteiger partial charge is 0.342 e. The highest BCUT2D eigenvalue weighted by molar-refractivity contribution is 5.68. The quantitative estimate of drug-likeness (QED) is 0.589. The van der Waals surface area contributed by atoms with Gasteiger partial charge in [0, 0.05) is 6.42 Å². The molecule has 0 fully saturated rings. The van der Waals surface area contributed by atoms with E-state index < -0.39 is 5.97 Å². The van der Waals surface area contributed by atoms with Crippen LogP contribution >= 0.6 is 0 Å². The third-order valence-electron chi connectivity index (χ3n) is 3.07. The molecule has 16 heavy (non-hydrogen) atoms. The first-order valence-corrected chi connectivity index (χ1v) is 5.93. The summed E-state index contributed by atoms with van der Waals surface area (Å²) in [6.07, 6.45) is 2.03. The van der Waals surface area contributed by atoms with E-state index in [9.17, 15) is 4.79 Å². The Morgan fingerprint density at radius 1 is 1.12 bits per heavy atom. The summed E-state index contributed by atoms with van der Waals surface area (Å²) in [7, 11) is 0. The van der Waals surface area contributed by atoms with Crippen LogP contribution in [-0.4, -0.2) is 11.2 Å². The van der Waals surface area contributed by atoms with Crippen LogP contribution < -0.4 is 0 Å². The molecule has 96 valence electrons. The third-order valence-corrected chi connectivity index (χ3v) is 3.07. The SMILES string of the molecule is CC(C)(C)C(CCCC(=O)OO)C(C)(C)C. The minimum absolute atomic E-state index is 0.224. The number of hydrogen-bond acceptors (Lipinski definition) is 3. The first-order chi connectivity index (χ1) is 7.09. The lowest BCUT2D eigenvalue weighted by Gasteiger charge is -2.41. The summed E-state index contributed by atoms with van der Waals surface area (Å²) in [6, 6.07) is 0. The van der Waals surface area contributed by atoms with Gasteiger partial charge in [-0.15, -0.1) is 0 Å². The van der Waals surface area contributed by atoms with E-state index in [4.69, 9.17) is 5.26 Å². The fourth-order valence-corrected chi connectivity index (χ4v) is 2.66. The molecule has 0 amide bonds. The summed E-state index contributed by atoms with van der Waals surface area (Å²) in [5.41, 5.74) is 0.447. The first-order valence-electron chi connectivity index (χ1n) is 5.93. The molecule has 0 saturated heterocycles. The van der Waals surface area contributed by atoms with Gasteiger partial charge in [-0.2, -0.15) is 5.26 Å². The lowest BCUT2D eigenvalue weighted by molar-refractivity contribution is -0.234. The molecule has 3 heteroatoms. The molecule has 0 aromatic carbocycles. The molecule has 0 saturated carbocycles. The van der Waals surface area contributed by atoms with Crippen molar-refractivity contribution in [3.8, 4) is 0 Å². The van der Waals surface area contributed by atoms with Crippen LogP contribution in [0.1, 0.15) is 60.8 Å². The van der Waals surface area contributed by atoms with Crippen LogP contribution in [0.2, 0.25) is 0 Å². The van der Waals surface area contributed by atoms with Gasteiger partial charge in [0.15, 0.2) is 0 Å². The summed E-state index contributed by atoms with van der Waals surface area (Å²) in [4.78, 5) is 14.5. The Kier molecular flexibility index (Phi) is 5.47. The van der Waals surface area contributed by atoms with E-state index in [0.717, 1.165) is 12.8 Å². The van der Waals surface area contributed by atoms with Crippen LogP contribution in [0.4, 0.5) is 0 Å². The maximum absolute atomic E-state index is 10.8. The van der Waals surface area contributed by atoms with Gasteiger partial charge in [0.05, 0.1) is 0 Å². The van der Waals surface area contributed by atoms with Crippen molar-refractivity contribution in [3.05, 3.63) is 0 Å². The number of carbonyl (C=O) groups is 1. The van der Waals surface area contributed by atoms with Crippen molar-refractivity contribution >= 4 is 5.97 Å². The van der Waals surface area contributed by atoms with Gasteiger partial charge in [-0.05, 0) is 29.6 Å². The molecule has 0 atom stereocenters. The van der Waals surface area contributed by atoms with Crippen molar-refractivity contribution < 1.29 is 14.9 Å². The van der Waals surface area contributed by atoms with Crippen LogP contribution in [0, 0.1) is 16.7 Å². The molecule has 0 radical (unpaired) electrons. The molecule has 0 bridgehead atoms. The van der Waals surface area contributed by atoms with Crippen molar-refractivity contribution in [1.29, 1.82) is 0 Å². The van der Waals surface area contributed by atoms with Gasteiger partial charge in [-0.3, -0.25) is 0 Å². The molecule has 0 unspecified atom stereocenters. The molecule has 1 N–H and O–H groups in total. The zero-order valence-corrected chi connectivity index (χ0v) is 11.5. The molecular formula is C13H26O3. The normalized spacial score (nSPS) is 13.0. The zero-order chi connectivity index (χ0) is 13.0. The van der Waals surface area contributed by atoms with Crippen LogP contribution in [0.25, 0.3) is 0 Å². The highest BCUT2D eigenvalue weighted by Crippen LogP contribution is 2.42. The minimum Gasteiger partial charge on any atom is -0.301 e. The Bertz CT molecular complexity index is 206. The van der Waals surface area contributed by atoms with Gasteiger partial charge in [-0.1, -0.05) is 41.5 Å². The van der Waals surface area contributed by atoms with Crippen LogP contribution in [0.15, 0.2) is 0 Å². The fourth-order valence-electron chi connectivity index (χ4n) is 2.66. The minimum atomic E-state index is -0.540. The van der Waals surface area contributed by atoms with Crippen molar-refractivity contribution in [2.45, 2.75) is 60.8 Å². The summed E-state index contributed by atoms with van der Waals surface area (Å²) in [5, 5.41) is 8.17. The molecule has 0 spiro atoms. The summed E-state index contributed by atoms with van der Waals surface area (Å²) >= 11 is 0. The monoisotopic (exact) mass is 230 g/mol. The lowest BCUT2D eigenvalue weighted by Crippen LogP contribution is -2.32.